The summed E-state index contributed by atoms with van der Waals surface area (Å²) in [5, 5.41) is 0. The Balaban J connectivity index is 2.24. The second kappa shape index (κ2) is 7.61. The van der Waals surface area contributed by atoms with Gasteiger partial charge in [0.2, 0.25) is 0 Å². The SMILES string of the molecule is CCCCCCCC(=O)c1ccc(CC)s1. The molecule has 1 aromatic heterocycles. The third kappa shape index (κ3) is 4.48. The summed E-state index contributed by atoms with van der Waals surface area (Å²) >= 11 is 1.66. The van der Waals surface area contributed by atoms with Crippen molar-refractivity contribution < 1.29 is 4.79 Å². The zero-order chi connectivity index (χ0) is 11.8. The largest absolute Gasteiger partial charge is 0.293 e. The molecule has 0 aromatic carbocycles. The molecule has 2 heteroatoms. The smallest absolute Gasteiger partial charge is 0.172 e. The van der Waals surface area contributed by atoms with Crippen molar-refractivity contribution in [1.82, 2.24) is 0 Å². The summed E-state index contributed by atoms with van der Waals surface area (Å²) in [5.41, 5.74) is 0. The zero-order valence-electron chi connectivity index (χ0n) is 10.4. The lowest BCUT2D eigenvalue weighted by atomic mass is 10.1. The van der Waals surface area contributed by atoms with Crippen LogP contribution in [0.1, 0.15) is 66.9 Å². The maximum Gasteiger partial charge on any atom is 0.172 e. The van der Waals surface area contributed by atoms with Crippen LogP contribution in [0.2, 0.25) is 0 Å². The van der Waals surface area contributed by atoms with Crippen LogP contribution in [0.25, 0.3) is 0 Å². The molecule has 0 aliphatic heterocycles. The van der Waals surface area contributed by atoms with Crippen molar-refractivity contribution in [2.45, 2.75) is 58.8 Å². The van der Waals surface area contributed by atoms with Gasteiger partial charge in [-0.25, -0.2) is 0 Å². The highest BCUT2D eigenvalue weighted by molar-refractivity contribution is 7.14. The molecule has 0 atom stereocenters. The number of unbranched alkanes of at least 4 members (excludes halogenated alkanes) is 4. The van der Waals surface area contributed by atoms with Gasteiger partial charge in [0, 0.05) is 11.3 Å². The lowest BCUT2D eigenvalue weighted by Crippen LogP contribution is -1.95. The van der Waals surface area contributed by atoms with Crippen LogP contribution in [0.5, 0.6) is 0 Å². The van der Waals surface area contributed by atoms with Crippen molar-refractivity contribution in [2.24, 2.45) is 0 Å². The summed E-state index contributed by atoms with van der Waals surface area (Å²) in [6, 6.07) is 4.06. The molecule has 0 saturated carbocycles. The van der Waals surface area contributed by atoms with Gasteiger partial charge in [-0.2, -0.15) is 0 Å². The average molecular weight is 238 g/mol. The van der Waals surface area contributed by atoms with Crippen molar-refractivity contribution >= 4 is 17.1 Å². The lowest BCUT2D eigenvalue weighted by molar-refractivity contribution is 0.0983. The maximum absolute atomic E-state index is 11.8. The fourth-order valence-electron chi connectivity index (χ4n) is 1.73. The minimum Gasteiger partial charge on any atom is -0.293 e. The molecule has 0 aliphatic carbocycles. The van der Waals surface area contributed by atoms with E-state index >= 15 is 0 Å². The number of Topliss-reactive ketones (excluding diaryl/α,β-unsaturated/α-hetero) is 1. The first-order valence-corrected chi connectivity index (χ1v) is 7.21. The normalized spacial score (nSPS) is 10.6. The molecule has 16 heavy (non-hydrogen) atoms. The Morgan fingerprint density at radius 3 is 2.50 bits per heavy atom. The van der Waals surface area contributed by atoms with Crippen LogP contribution in [0.3, 0.4) is 0 Å². The van der Waals surface area contributed by atoms with Crippen LogP contribution in [0.15, 0.2) is 12.1 Å². The van der Waals surface area contributed by atoms with Gasteiger partial charge in [-0.15, -0.1) is 11.3 Å². The minimum atomic E-state index is 0.334. The molecular formula is C14H22OS. The van der Waals surface area contributed by atoms with Crippen molar-refractivity contribution in [3.8, 4) is 0 Å². The van der Waals surface area contributed by atoms with Gasteiger partial charge in [-0.05, 0) is 25.0 Å². The topological polar surface area (TPSA) is 17.1 Å². The van der Waals surface area contributed by atoms with E-state index < -0.39 is 0 Å². The van der Waals surface area contributed by atoms with E-state index in [-0.39, 0.29) is 0 Å². The van der Waals surface area contributed by atoms with E-state index in [4.69, 9.17) is 0 Å². The van der Waals surface area contributed by atoms with Crippen molar-refractivity contribution in [2.75, 3.05) is 0 Å². The van der Waals surface area contributed by atoms with Gasteiger partial charge < -0.3 is 0 Å². The van der Waals surface area contributed by atoms with E-state index in [0.717, 1.165) is 24.1 Å². The Morgan fingerprint density at radius 1 is 1.12 bits per heavy atom. The third-order valence-electron chi connectivity index (χ3n) is 2.79. The first kappa shape index (κ1) is 13.4. The van der Waals surface area contributed by atoms with Crippen LogP contribution in [0, 0.1) is 0 Å². The molecule has 1 heterocycles. The van der Waals surface area contributed by atoms with Crippen LogP contribution in [0.4, 0.5) is 0 Å². The monoisotopic (exact) mass is 238 g/mol. The van der Waals surface area contributed by atoms with Gasteiger partial charge in [-0.1, -0.05) is 39.5 Å². The molecule has 0 saturated heterocycles. The molecule has 1 nitrogen and oxygen atoms in total. The predicted molar refractivity (Wildman–Crippen MR) is 71.4 cm³/mol. The van der Waals surface area contributed by atoms with E-state index in [1.165, 1.54) is 30.6 Å². The molecule has 0 aliphatic rings. The number of aryl methyl sites for hydroxylation is 1. The Kier molecular flexibility index (Phi) is 6.39. The van der Waals surface area contributed by atoms with Gasteiger partial charge in [0.1, 0.15) is 0 Å². The number of ketones is 1. The Hall–Kier alpha value is -0.630. The van der Waals surface area contributed by atoms with Crippen molar-refractivity contribution in [3.63, 3.8) is 0 Å². The molecule has 1 aromatic rings. The Morgan fingerprint density at radius 2 is 1.88 bits per heavy atom. The van der Waals surface area contributed by atoms with Crippen molar-refractivity contribution in [3.05, 3.63) is 21.9 Å². The van der Waals surface area contributed by atoms with Gasteiger partial charge in [-0.3, -0.25) is 4.79 Å². The molecule has 0 spiro atoms. The summed E-state index contributed by atoms with van der Waals surface area (Å²) in [7, 11) is 0. The molecule has 0 radical (unpaired) electrons. The van der Waals surface area contributed by atoms with Crippen LogP contribution in [-0.2, 0) is 6.42 Å². The van der Waals surface area contributed by atoms with Crippen LogP contribution in [-0.4, -0.2) is 5.78 Å². The maximum atomic E-state index is 11.8. The molecule has 0 unspecified atom stereocenters. The number of thiophene rings is 1. The van der Waals surface area contributed by atoms with E-state index in [0.29, 0.717) is 5.78 Å². The van der Waals surface area contributed by atoms with E-state index in [1.807, 2.05) is 6.07 Å². The molecule has 90 valence electrons. The van der Waals surface area contributed by atoms with Crippen molar-refractivity contribution in [1.29, 1.82) is 0 Å². The average Bonchev–Trinajstić information content (AvgIpc) is 2.77. The number of hydrogen-bond acceptors (Lipinski definition) is 2. The van der Waals surface area contributed by atoms with Gasteiger partial charge in [0.05, 0.1) is 4.88 Å². The summed E-state index contributed by atoms with van der Waals surface area (Å²) in [4.78, 5) is 14.1. The Bertz CT molecular complexity index is 314. The van der Waals surface area contributed by atoms with Gasteiger partial charge in [0.15, 0.2) is 5.78 Å². The second-order valence-electron chi connectivity index (χ2n) is 4.21. The molecule has 0 N–H and O–H groups in total. The van der Waals surface area contributed by atoms with Gasteiger partial charge >= 0.3 is 0 Å². The van der Waals surface area contributed by atoms with Gasteiger partial charge in [0.25, 0.3) is 0 Å². The third-order valence-corrected chi connectivity index (χ3v) is 4.06. The molecule has 0 amide bonds. The quantitative estimate of drug-likeness (QED) is 0.467. The van der Waals surface area contributed by atoms with E-state index in [2.05, 4.69) is 19.9 Å². The highest BCUT2D eigenvalue weighted by Gasteiger charge is 2.07. The summed E-state index contributed by atoms with van der Waals surface area (Å²) in [5.74, 6) is 0.334. The molecule has 0 fully saturated rings. The van der Waals surface area contributed by atoms with Crippen LogP contribution < -0.4 is 0 Å². The van der Waals surface area contributed by atoms with E-state index in [9.17, 15) is 4.79 Å². The highest BCUT2D eigenvalue weighted by atomic mass is 32.1. The molecular weight excluding hydrogens is 216 g/mol. The fourth-order valence-corrected chi connectivity index (χ4v) is 2.64. The summed E-state index contributed by atoms with van der Waals surface area (Å²) in [6.45, 7) is 4.34. The fraction of sp³-hybridized carbons (Fsp3) is 0.643. The zero-order valence-corrected chi connectivity index (χ0v) is 11.2. The number of carbonyl (C=O) groups is 1. The minimum absolute atomic E-state index is 0.334. The predicted octanol–water partition coefficient (Wildman–Crippen LogP) is 4.85. The number of hydrogen-bond donors (Lipinski definition) is 0. The number of rotatable bonds is 8. The lowest BCUT2D eigenvalue weighted by Gasteiger charge is -1.98. The van der Waals surface area contributed by atoms with Crippen LogP contribution >= 0.6 is 11.3 Å². The second-order valence-corrected chi connectivity index (χ2v) is 5.38. The molecule has 1 rings (SSSR count). The summed E-state index contributed by atoms with van der Waals surface area (Å²) in [6.07, 6.45) is 7.85. The standard InChI is InChI=1S/C14H22OS/c1-3-5-6-7-8-9-13(15)14-11-10-12(4-2)16-14/h10-11H,3-9H2,1-2H3. The number of carbonyl (C=O) groups excluding carboxylic acids is 1. The molecule has 0 bridgehead atoms. The Labute approximate surface area is 103 Å². The highest BCUT2D eigenvalue weighted by Crippen LogP contribution is 2.19. The van der Waals surface area contributed by atoms with E-state index in [1.54, 1.807) is 11.3 Å². The summed E-state index contributed by atoms with van der Waals surface area (Å²) < 4.78 is 0. The first-order chi connectivity index (χ1) is 7.77. The first-order valence-electron chi connectivity index (χ1n) is 6.39.